The Morgan fingerprint density at radius 3 is 2.53 bits per heavy atom. The highest BCUT2D eigenvalue weighted by Gasteiger charge is 2.66. The average molecular weight is 498 g/mol. The number of aliphatic carboxylic acids is 1. The summed E-state index contributed by atoms with van der Waals surface area (Å²) in [6.45, 7) is 6.77. The van der Waals surface area contributed by atoms with E-state index in [0.717, 1.165) is 51.4 Å². The lowest BCUT2D eigenvalue weighted by Gasteiger charge is -2.67. The molecule has 0 aromatic rings. The molecule has 0 radical (unpaired) electrons. The predicted molar refractivity (Wildman–Crippen MR) is 134 cm³/mol. The summed E-state index contributed by atoms with van der Waals surface area (Å²) in [6, 6.07) is 2.42. The number of aliphatic hydroxyl groups is 1. The molecule has 0 aliphatic heterocycles. The fraction of sp³-hybridized carbons (Fsp3) is 0.833. The van der Waals surface area contributed by atoms with Crippen molar-refractivity contribution in [1.82, 2.24) is 0 Å². The molecule has 0 aromatic carbocycles. The van der Waals surface area contributed by atoms with E-state index in [-0.39, 0.29) is 41.7 Å². The minimum absolute atomic E-state index is 0.0249. The molecule has 4 saturated carbocycles. The highest BCUT2D eigenvalue weighted by Crippen LogP contribution is 2.71. The zero-order valence-electron chi connectivity index (χ0n) is 22.3. The number of carbonyl (C=O) groups is 2. The number of methoxy groups -OCH3 is 1. The first kappa shape index (κ1) is 25.8. The number of esters is 1. The van der Waals surface area contributed by atoms with Gasteiger partial charge in [-0.25, -0.2) is 0 Å². The topological polar surface area (TPSA) is 108 Å². The van der Waals surface area contributed by atoms with Crippen molar-refractivity contribution in [1.29, 1.82) is 5.26 Å². The summed E-state index contributed by atoms with van der Waals surface area (Å²) in [5.41, 5.74) is 0.323. The van der Waals surface area contributed by atoms with Crippen LogP contribution in [0.3, 0.4) is 0 Å². The van der Waals surface area contributed by atoms with Crippen LogP contribution < -0.4 is 0 Å². The average Bonchev–Trinajstić information content (AvgIpc) is 2.87. The number of hydrogen-bond donors (Lipinski definition) is 2. The Morgan fingerprint density at radius 1 is 1.17 bits per heavy atom. The van der Waals surface area contributed by atoms with Crippen LogP contribution in [0.4, 0.5) is 0 Å². The molecule has 2 N–H and O–H groups in total. The third-order valence-electron chi connectivity index (χ3n) is 12.3. The van der Waals surface area contributed by atoms with E-state index in [1.165, 1.54) is 12.7 Å². The number of rotatable bonds is 3. The maximum Gasteiger partial charge on any atom is 0.310 e. The minimum Gasteiger partial charge on any atom is -0.481 e. The number of nitriles is 1. The number of nitrogens with zero attached hydrogens (tertiary/aromatic N) is 1. The van der Waals surface area contributed by atoms with E-state index in [1.807, 2.05) is 0 Å². The van der Waals surface area contributed by atoms with Crippen LogP contribution in [0.2, 0.25) is 0 Å². The van der Waals surface area contributed by atoms with Crippen molar-refractivity contribution >= 4 is 11.9 Å². The molecule has 5 rings (SSSR count). The second kappa shape index (κ2) is 8.86. The Bertz CT molecular complexity index is 1000. The molecule has 0 bridgehead atoms. The largest absolute Gasteiger partial charge is 0.481 e. The number of aliphatic hydroxyl groups excluding tert-OH is 1. The van der Waals surface area contributed by atoms with Gasteiger partial charge in [-0.1, -0.05) is 32.4 Å². The molecule has 11 unspecified atom stereocenters. The Kier molecular flexibility index (Phi) is 6.34. The zero-order valence-corrected chi connectivity index (χ0v) is 22.3. The molecule has 0 aromatic heterocycles. The van der Waals surface area contributed by atoms with Crippen molar-refractivity contribution in [3.8, 4) is 6.07 Å². The molecule has 6 heteroatoms. The lowest BCUT2D eigenvalue weighted by molar-refractivity contribution is -0.191. The van der Waals surface area contributed by atoms with E-state index < -0.39 is 28.6 Å². The Morgan fingerprint density at radius 2 is 1.89 bits per heavy atom. The molecule has 11 atom stereocenters. The maximum atomic E-state index is 12.7. The zero-order chi connectivity index (χ0) is 26.0. The van der Waals surface area contributed by atoms with E-state index in [9.17, 15) is 25.1 Å². The van der Waals surface area contributed by atoms with E-state index in [1.54, 1.807) is 0 Å². The smallest absolute Gasteiger partial charge is 0.310 e. The molecular formula is C30H43NO5. The number of carbonyl (C=O) groups excluding carboxylic acids is 1. The van der Waals surface area contributed by atoms with Gasteiger partial charge in [0, 0.05) is 12.0 Å². The molecule has 5 aliphatic rings. The van der Waals surface area contributed by atoms with Gasteiger partial charge in [-0.15, -0.1) is 0 Å². The second-order valence-corrected chi connectivity index (χ2v) is 13.4. The molecule has 36 heavy (non-hydrogen) atoms. The standard InChI is InChI=1S/C30H43NO5/c1-17-7-11-29(27(34)35)12-9-22-20(23(29)13-17)5-6-24-28(22,3)10-8-21-18(2)25(26(33)36-4)19(15-31)14-30(21,24)16-32/h5,17-19,21-25,32H,6-14,16H2,1-4H3,(H,34,35). The van der Waals surface area contributed by atoms with Gasteiger partial charge in [-0.3, -0.25) is 9.59 Å². The van der Waals surface area contributed by atoms with Crippen LogP contribution in [-0.2, 0) is 14.3 Å². The summed E-state index contributed by atoms with van der Waals surface area (Å²) in [5, 5.41) is 31.5. The van der Waals surface area contributed by atoms with Crippen LogP contribution in [-0.4, -0.2) is 35.9 Å². The van der Waals surface area contributed by atoms with Gasteiger partial charge < -0.3 is 14.9 Å². The lowest BCUT2D eigenvalue weighted by atomic mass is 9.37. The highest BCUT2D eigenvalue weighted by molar-refractivity contribution is 5.76. The molecule has 0 heterocycles. The summed E-state index contributed by atoms with van der Waals surface area (Å²) in [5.74, 6) is -0.486. The third-order valence-corrected chi connectivity index (χ3v) is 12.3. The lowest BCUT2D eigenvalue weighted by Crippen LogP contribution is -2.63. The first-order valence-corrected chi connectivity index (χ1v) is 14.1. The van der Waals surface area contributed by atoms with Gasteiger partial charge in [0.15, 0.2) is 0 Å². The summed E-state index contributed by atoms with van der Waals surface area (Å²) in [7, 11) is 1.40. The van der Waals surface area contributed by atoms with E-state index in [4.69, 9.17) is 4.74 Å². The van der Waals surface area contributed by atoms with Gasteiger partial charge in [-0.2, -0.15) is 5.26 Å². The molecule has 6 nitrogen and oxygen atoms in total. The van der Waals surface area contributed by atoms with Crippen LogP contribution in [0.1, 0.15) is 78.6 Å². The Balaban J connectivity index is 1.55. The second-order valence-electron chi connectivity index (χ2n) is 13.4. The van der Waals surface area contributed by atoms with Crippen LogP contribution in [0.25, 0.3) is 0 Å². The SMILES string of the molecule is COC(=O)C1C(C#N)CC2(CO)C(CCC3(C)C4CCC5(C(=O)O)CCC(C)CC5C4=CCC32)C1C. The van der Waals surface area contributed by atoms with Crippen molar-refractivity contribution in [3.63, 3.8) is 0 Å². The number of carboxylic acid groups (broad SMARTS) is 1. The van der Waals surface area contributed by atoms with E-state index in [0.29, 0.717) is 18.3 Å². The van der Waals surface area contributed by atoms with Crippen molar-refractivity contribution in [2.45, 2.75) is 78.6 Å². The van der Waals surface area contributed by atoms with Crippen LogP contribution in [0.5, 0.6) is 0 Å². The number of hydrogen-bond acceptors (Lipinski definition) is 5. The fourth-order valence-electron chi connectivity index (χ4n) is 10.5. The first-order chi connectivity index (χ1) is 17.1. The van der Waals surface area contributed by atoms with Gasteiger partial charge in [0.1, 0.15) is 0 Å². The predicted octanol–water partition coefficient (Wildman–Crippen LogP) is 5.21. The molecule has 5 aliphatic carbocycles. The molecule has 0 saturated heterocycles. The Labute approximate surface area is 215 Å². The van der Waals surface area contributed by atoms with Gasteiger partial charge in [0.25, 0.3) is 0 Å². The van der Waals surface area contributed by atoms with Crippen molar-refractivity contribution < 1.29 is 24.5 Å². The quantitative estimate of drug-likeness (QED) is 0.409. The summed E-state index contributed by atoms with van der Waals surface area (Å²) < 4.78 is 5.11. The van der Waals surface area contributed by atoms with Crippen molar-refractivity contribution in [2.24, 2.45) is 63.6 Å². The monoisotopic (exact) mass is 497 g/mol. The first-order valence-electron chi connectivity index (χ1n) is 14.1. The number of carboxylic acids is 1. The fourth-order valence-corrected chi connectivity index (χ4v) is 10.5. The van der Waals surface area contributed by atoms with E-state index >= 15 is 0 Å². The molecule has 0 amide bonds. The number of allylic oxidation sites excluding steroid dienone is 2. The highest BCUT2D eigenvalue weighted by atomic mass is 16.5. The molecule has 0 spiro atoms. The molecule has 4 fully saturated rings. The summed E-state index contributed by atoms with van der Waals surface area (Å²) in [4.78, 5) is 25.3. The summed E-state index contributed by atoms with van der Waals surface area (Å²) >= 11 is 0. The number of fused-ring (bicyclic) bond motifs is 7. The normalized spacial score (nSPS) is 49.7. The molecular weight excluding hydrogens is 454 g/mol. The minimum atomic E-state index is -0.622. The van der Waals surface area contributed by atoms with Gasteiger partial charge in [0.05, 0.1) is 30.4 Å². The van der Waals surface area contributed by atoms with Crippen LogP contribution in [0, 0.1) is 74.9 Å². The van der Waals surface area contributed by atoms with Gasteiger partial charge in [0.2, 0.25) is 0 Å². The van der Waals surface area contributed by atoms with Crippen LogP contribution >= 0.6 is 0 Å². The molecule has 198 valence electrons. The van der Waals surface area contributed by atoms with Crippen LogP contribution in [0.15, 0.2) is 11.6 Å². The summed E-state index contributed by atoms with van der Waals surface area (Å²) in [6.07, 6.45) is 10.0. The van der Waals surface area contributed by atoms with Gasteiger partial charge in [-0.05, 0) is 98.7 Å². The van der Waals surface area contributed by atoms with Crippen molar-refractivity contribution in [2.75, 3.05) is 13.7 Å². The maximum absolute atomic E-state index is 12.7. The number of ether oxygens (including phenoxy) is 1. The van der Waals surface area contributed by atoms with Crippen molar-refractivity contribution in [3.05, 3.63) is 11.6 Å². The third kappa shape index (κ3) is 3.30. The Hall–Kier alpha value is -1.87. The van der Waals surface area contributed by atoms with E-state index in [2.05, 4.69) is 32.9 Å². The van der Waals surface area contributed by atoms with Gasteiger partial charge >= 0.3 is 11.9 Å².